The number of hydrogen-bond donors (Lipinski definition) is 0. The third-order valence-corrected chi connectivity index (χ3v) is 6.56. The Morgan fingerprint density at radius 1 is 1.04 bits per heavy atom. The van der Waals surface area contributed by atoms with E-state index in [1.807, 2.05) is 0 Å². The molecule has 0 N–H and O–H groups in total. The highest BCUT2D eigenvalue weighted by Gasteiger charge is 2.38. The number of unbranched alkanes of at least 4 members (excludes halogenated alkanes) is 2. The van der Waals surface area contributed by atoms with Gasteiger partial charge in [0.05, 0.1) is 17.4 Å². The molecule has 25 heavy (non-hydrogen) atoms. The van der Waals surface area contributed by atoms with Gasteiger partial charge in [0.2, 0.25) is 0 Å². The Kier molecular flexibility index (Phi) is 8.27. The van der Waals surface area contributed by atoms with E-state index in [9.17, 15) is 10.1 Å². The number of ether oxygens (including phenoxy) is 1. The standard InChI is InChI=1S/C22H37NO2/c1-3-5-7-18-8-10-20(11-9-18)25-21(24)19-12-15-22(17-23,16-13-19)14-6-4-2/h18-20H,3-16H2,1-2H3. The van der Waals surface area contributed by atoms with Crippen LogP contribution in [0.2, 0.25) is 0 Å². The molecule has 2 aliphatic rings. The molecule has 2 saturated carbocycles. The van der Waals surface area contributed by atoms with Crippen LogP contribution in [0.3, 0.4) is 0 Å². The van der Waals surface area contributed by atoms with Gasteiger partial charge in [0, 0.05) is 0 Å². The summed E-state index contributed by atoms with van der Waals surface area (Å²) < 4.78 is 5.84. The van der Waals surface area contributed by atoms with Gasteiger partial charge in [-0.15, -0.1) is 0 Å². The van der Waals surface area contributed by atoms with E-state index < -0.39 is 0 Å². The molecule has 0 unspecified atom stereocenters. The summed E-state index contributed by atoms with van der Waals surface area (Å²) in [7, 11) is 0. The summed E-state index contributed by atoms with van der Waals surface area (Å²) in [5.74, 6) is 0.888. The first-order chi connectivity index (χ1) is 12.1. The fourth-order valence-corrected chi connectivity index (χ4v) is 4.63. The molecular weight excluding hydrogens is 310 g/mol. The van der Waals surface area contributed by atoms with Gasteiger partial charge in [-0.1, -0.05) is 46.0 Å². The Labute approximate surface area is 154 Å². The molecule has 3 heteroatoms. The molecule has 2 rings (SSSR count). The second-order valence-electron chi connectivity index (χ2n) is 8.49. The quantitative estimate of drug-likeness (QED) is 0.493. The predicted molar refractivity (Wildman–Crippen MR) is 101 cm³/mol. The van der Waals surface area contributed by atoms with Gasteiger partial charge in [-0.25, -0.2) is 0 Å². The normalized spacial score (nSPS) is 32.8. The minimum absolute atomic E-state index is 0.0130. The van der Waals surface area contributed by atoms with Gasteiger partial charge < -0.3 is 4.74 Å². The van der Waals surface area contributed by atoms with Crippen LogP contribution in [0.5, 0.6) is 0 Å². The Morgan fingerprint density at radius 2 is 1.68 bits per heavy atom. The lowest BCUT2D eigenvalue weighted by molar-refractivity contribution is -0.157. The number of carbonyl (C=O) groups is 1. The molecule has 0 aliphatic heterocycles. The van der Waals surface area contributed by atoms with Crippen LogP contribution in [-0.2, 0) is 9.53 Å². The Morgan fingerprint density at radius 3 is 2.24 bits per heavy atom. The number of nitrogens with zero attached hydrogens (tertiary/aromatic N) is 1. The molecule has 2 aliphatic carbocycles. The maximum Gasteiger partial charge on any atom is 0.309 e. The van der Waals surface area contributed by atoms with E-state index >= 15 is 0 Å². The van der Waals surface area contributed by atoms with Crippen molar-refractivity contribution in [3.05, 3.63) is 0 Å². The lowest BCUT2D eigenvalue weighted by Crippen LogP contribution is -2.33. The molecule has 2 fully saturated rings. The van der Waals surface area contributed by atoms with E-state index in [0.717, 1.165) is 63.7 Å². The van der Waals surface area contributed by atoms with Crippen LogP contribution in [0.1, 0.15) is 104 Å². The van der Waals surface area contributed by atoms with E-state index in [2.05, 4.69) is 19.9 Å². The first-order valence-corrected chi connectivity index (χ1v) is 10.7. The van der Waals surface area contributed by atoms with Crippen molar-refractivity contribution in [1.29, 1.82) is 5.26 Å². The van der Waals surface area contributed by atoms with Gasteiger partial charge in [0.1, 0.15) is 6.10 Å². The van der Waals surface area contributed by atoms with Crippen molar-refractivity contribution < 1.29 is 9.53 Å². The summed E-state index contributed by atoms with van der Waals surface area (Å²) in [5.41, 5.74) is -0.176. The van der Waals surface area contributed by atoms with Crippen molar-refractivity contribution in [3.63, 3.8) is 0 Å². The zero-order valence-electron chi connectivity index (χ0n) is 16.4. The van der Waals surface area contributed by atoms with Crippen LogP contribution in [0.25, 0.3) is 0 Å². The third kappa shape index (κ3) is 6.01. The first-order valence-electron chi connectivity index (χ1n) is 10.7. The summed E-state index contributed by atoms with van der Waals surface area (Å²) >= 11 is 0. The summed E-state index contributed by atoms with van der Waals surface area (Å²) in [6.45, 7) is 4.42. The molecule has 0 aromatic carbocycles. The van der Waals surface area contributed by atoms with Crippen molar-refractivity contribution in [2.75, 3.05) is 0 Å². The maximum absolute atomic E-state index is 12.5. The van der Waals surface area contributed by atoms with Crippen molar-refractivity contribution in [3.8, 4) is 6.07 Å². The van der Waals surface area contributed by atoms with Crippen molar-refractivity contribution >= 4 is 5.97 Å². The highest BCUT2D eigenvalue weighted by molar-refractivity contribution is 5.72. The number of hydrogen-bond acceptors (Lipinski definition) is 3. The highest BCUT2D eigenvalue weighted by atomic mass is 16.5. The minimum Gasteiger partial charge on any atom is -0.462 e. The molecule has 0 spiro atoms. The van der Waals surface area contributed by atoms with Crippen LogP contribution in [0.4, 0.5) is 0 Å². The van der Waals surface area contributed by atoms with E-state index in [1.165, 1.54) is 32.1 Å². The van der Waals surface area contributed by atoms with E-state index in [4.69, 9.17) is 4.74 Å². The van der Waals surface area contributed by atoms with Crippen molar-refractivity contribution in [2.24, 2.45) is 17.3 Å². The maximum atomic E-state index is 12.5. The zero-order valence-corrected chi connectivity index (χ0v) is 16.4. The van der Waals surface area contributed by atoms with Crippen LogP contribution in [-0.4, -0.2) is 12.1 Å². The number of nitriles is 1. The lowest BCUT2D eigenvalue weighted by atomic mass is 9.69. The van der Waals surface area contributed by atoms with Crippen molar-refractivity contribution in [1.82, 2.24) is 0 Å². The van der Waals surface area contributed by atoms with Crippen LogP contribution < -0.4 is 0 Å². The molecule has 0 heterocycles. The number of carbonyl (C=O) groups excluding carboxylic acids is 1. The fourth-order valence-electron chi connectivity index (χ4n) is 4.63. The summed E-state index contributed by atoms with van der Waals surface area (Å²) in [4.78, 5) is 12.5. The fraction of sp³-hybridized carbons (Fsp3) is 0.909. The Bertz CT molecular complexity index is 437. The minimum atomic E-state index is -0.176. The summed E-state index contributed by atoms with van der Waals surface area (Å²) in [5, 5.41) is 9.57. The second kappa shape index (κ2) is 10.2. The average Bonchev–Trinajstić information content (AvgIpc) is 2.66. The van der Waals surface area contributed by atoms with Crippen LogP contribution in [0.15, 0.2) is 0 Å². The number of rotatable bonds is 8. The molecule has 0 bridgehead atoms. The van der Waals surface area contributed by atoms with Gasteiger partial charge in [0.25, 0.3) is 0 Å². The highest BCUT2D eigenvalue weighted by Crippen LogP contribution is 2.43. The third-order valence-electron chi connectivity index (χ3n) is 6.56. The molecule has 0 saturated heterocycles. The molecule has 3 nitrogen and oxygen atoms in total. The molecule has 0 aromatic heterocycles. The SMILES string of the molecule is CCCCC1CCC(OC(=O)C2CCC(C#N)(CCCC)CC2)CC1. The monoisotopic (exact) mass is 347 g/mol. The van der Waals surface area contributed by atoms with Gasteiger partial charge >= 0.3 is 5.97 Å². The van der Waals surface area contributed by atoms with Gasteiger partial charge in [0.15, 0.2) is 0 Å². The predicted octanol–water partition coefficient (Wildman–Crippen LogP) is 6.17. The second-order valence-corrected chi connectivity index (χ2v) is 8.49. The van der Waals surface area contributed by atoms with Crippen LogP contribution in [0, 0.1) is 28.6 Å². The lowest BCUT2D eigenvalue weighted by Gasteiger charge is -2.35. The summed E-state index contributed by atoms with van der Waals surface area (Å²) in [6.07, 6.45) is 15.3. The molecule has 0 radical (unpaired) electrons. The largest absolute Gasteiger partial charge is 0.462 e. The summed E-state index contributed by atoms with van der Waals surface area (Å²) in [6, 6.07) is 2.56. The van der Waals surface area contributed by atoms with Gasteiger partial charge in [-0.05, 0) is 63.7 Å². The van der Waals surface area contributed by atoms with Crippen LogP contribution >= 0.6 is 0 Å². The average molecular weight is 348 g/mol. The number of esters is 1. The zero-order chi connectivity index (χ0) is 18.1. The molecule has 0 amide bonds. The van der Waals surface area contributed by atoms with E-state index in [1.54, 1.807) is 0 Å². The van der Waals surface area contributed by atoms with E-state index in [-0.39, 0.29) is 23.4 Å². The van der Waals surface area contributed by atoms with Gasteiger partial charge in [-0.2, -0.15) is 5.26 Å². The first kappa shape index (κ1) is 20.3. The smallest absolute Gasteiger partial charge is 0.309 e. The molecule has 142 valence electrons. The van der Waals surface area contributed by atoms with Crippen molar-refractivity contribution in [2.45, 2.75) is 110 Å². The Hall–Kier alpha value is -1.04. The topological polar surface area (TPSA) is 50.1 Å². The Balaban J connectivity index is 1.71. The molecule has 0 aromatic rings. The molecular formula is C22H37NO2. The van der Waals surface area contributed by atoms with Gasteiger partial charge in [-0.3, -0.25) is 4.79 Å². The van der Waals surface area contributed by atoms with E-state index in [0.29, 0.717) is 0 Å². The molecule has 0 atom stereocenters.